The molecule has 0 aliphatic rings. The summed E-state index contributed by atoms with van der Waals surface area (Å²) in [5, 5.41) is 2.89. The minimum Gasteiger partial charge on any atom is -0.468 e. The van der Waals surface area contributed by atoms with E-state index in [1.54, 1.807) is 24.3 Å². The first-order chi connectivity index (χ1) is 10.1. The van der Waals surface area contributed by atoms with Crippen LogP contribution < -0.4 is 5.32 Å². The van der Waals surface area contributed by atoms with Gasteiger partial charge >= 0.3 is 5.97 Å². The van der Waals surface area contributed by atoms with Gasteiger partial charge in [0, 0.05) is 12.1 Å². The molecule has 0 fully saturated rings. The van der Waals surface area contributed by atoms with Gasteiger partial charge in [0.25, 0.3) is 0 Å². The van der Waals surface area contributed by atoms with E-state index in [4.69, 9.17) is 4.74 Å². The second kappa shape index (κ2) is 6.95. The number of halogens is 2. The zero-order chi connectivity index (χ0) is 15.2. The molecule has 1 unspecified atom stereocenters. The number of rotatable bonds is 5. The van der Waals surface area contributed by atoms with E-state index in [1.165, 1.54) is 7.11 Å². The molecule has 0 aromatic heterocycles. The van der Waals surface area contributed by atoms with Crippen molar-refractivity contribution in [2.45, 2.75) is 12.6 Å². The van der Waals surface area contributed by atoms with Crippen molar-refractivity contribution in [2.24, 2.45) is 0 Å². The molecule has 0 radical (unpaired) electrons. The Morgan fingerprint density at radius 2 is 1.90 bits per heavy atom. The van der Waals surface area contributed by atoms with Gasteiger partial charge in [0.05, 0.1) is 7.11 Å². The lowest BCUT2D eigenvalue weighted by Gasteiger charge is -2.17. The van der Waals surface area contributed by atoms with Crippen LogP contribution in [0.15, 0.2) is 48.5 Å². The molecule has 1 atom stereocenters. The van der Waals surface area contributed by atoms with Crippen LogP contribution in [0, 0.1) is 11.6 Å². The summed E-state index contributed by atoms with van der Waals surface area (Å²) in [7, 11) is 1.28. The third kappa shape index (κ3) is 3.86. The Morgan fingerprint density at radius 1 is 1.19 bits per heavy atom. The smallest absolute Gasteiger partial charge is 0.327 e. The summed E-state index contributed by atoms with van der Waals surface area (Å²) in [6.45, 7) is 0.0122. The average Bonchev–Trinajstić information content (AvgIpc) is 2.51. The maximum absolute atomic E-state index is 13.6. The van der Waals surface area contributed by atoms with Crippen molar-refractivity contribution < 1.29 is 18.3 Å². The molecule has 2 rings (SSSR count). The van der Waals surface area contributed by atoms with Crippen molar-refractivity contribution in [3.05, 3.63) is 71.3 Å². The van der Waals surface area contributed by atoms with Gasteiger partial charge in [0.1, 0.15) is 17.7 Å². The zero-order valence-corrected chi connectivity index (χ0v) is 11.5. The van der Waals surface area contributed by atoms with Gasteiger partial charge in [0.2, 0.25) is 0 Å². The number of methoxy groups -OCH3 is 1. The highest BCUT2D eigenvalue weighted by atomic mass is 19.1. The molecule has 3 nitrogen and oxygen atoms in total. The van der Waals surface area contributed by atoms with Gasteiger partial charge in [-0.25, -0.2) is 13.6 Å². The molecule has 0 aliphatic heterocycles. The van der Waals surface area contributed by atoms with Gasteiger partial charge in [-0.2, -0.15) is 0 Å². The SMILES string of the molecule is COC(=O)C(NCc1cc(F)ccc1F)c1ccccc1. The van der Waals surface area contributed by atoms with Gasteiger partial charge in [-0.15, -0.1) is 0 Å². The Hall–Kier alpha value is -2.27. The standard InChI is InChI=1S/C16H15F2NO2/c1-21-16(20)15(11-5-3-2-4-6-11)19-10-12-9-13(17)7-8-14(12)18/h2-9,15,19H,10H2,1H3. The third-order valence-electron chi connectivity index (χ3n) is 3.07. The Balaban J connectivity index is 2.16. The molecule has 0 saturated heterocycles. The summed E-state index contributed by atoms with van der Waals surface area (Å²) in [6, 6.07) is 11.4. The molecule has 0 amide bonds. The van der Waals surface area contributed by atoms with Gasteiger partial charge < -0.3 is 4.74 Å². The van der Waals surface area contributed by atoms with Crippen LogP contribution in [0.25, 0.3) is 0 Å². The largest absolute Gasteiger partial charge is 0.468 e. The van der Waals surface area contributed by atoms with E-state index in [1.807, 2.05) is 6.07 Å². The van der Waals surface area contributed by atoms with Crippen LogP contribution in [-0.2, 0) is 16.1 Å². The normalized spacial score (nSPS) is 12.0. The molecule has 0 aliphatic carbocycles. The van der Waals surface area contributed by atoms with Crippen molar-refractivity contribution in [3.8, 4) is 0 Å². The number of ether oxygens (including phenoxy) is 1. The van der Waals surface area contributed by atoms with Gasteiger partial charge in [-0.1, -0.05) is 30.3 Å². The Kier molecular flexibility index (Phi) is 5.00. The van der Waals surface area contributed by atoms with Crippen molar-refractivity contribution in [2.75, 3.05) is 7.11 Å². The van der Waals surface area contributed by atoms with Gasteiger partial charge in [-0.05, 0) is 23.8 Å². The minimum absolute atomic E-state index is 0.0122. The highest BCUT2D eigenvalue weighted by Crippen LogP contribution is 2.16. The number of hydrogen-bond acceptors (Lipinski definition) is 3. The highest BCUT2D eigenvalue weighted by molar-refractivity contribution is 5.77. The summed E-state index contributed by atoms with van der Waals surface area (Å²) in [6.07, 6.45) is 0. The molecule has 0 heterocycles. The fourth-order valence-corrected chi connectivity index (χ4v) is 1.99. The van der Waals surface area contributed by atoms with E-state index < -0.39 is 23.6 Å². The topological polar surface area (TPSA) is 38.3 Å². The number of carbonyl (C=O) groups is 1. The van der Waals surface area contributed by atoms with Crippen molar-refractivity contribution >= 4 is 5.97 Å². The molecule has 110 valence electrons. The first-order valence-electron chi connectivity index (χ1n) is 6.42. The monoisotopic (exact) mass is 291 g/mol. The number of nitrogens with one attached hydrogen (secondary N) is 1. The molecule has 1 N–H and O–H groups in total. The van der Waals surface area contributed by atoms with Crippen LogP contribution in [0.5, 0.6) is 0 Å². The fraction of sp³-hybridized carbons (Fsp3) is 0.188. The Labute approximate surface area is 121 Å². The first kappa shape index (κ1) is 15.1. The second-order valence-electron chi connectivity index (χ2n) is 4.48. The van der Waals surface area contributed by atoms with Gasteiger partial charge in [-0.3, -0.25) is 5.32 Å². The molecule has 0 saturated carbocycles. The molecular weight excluding hydrogens is 276 g/mol. The maximum Gasteiger partial charge on any atom is 0.327 e. The molecule has 2 aromatic rings. The number of esters is 1. The summed E-state index contributed by atoms with van der Waals surface area (Å²) in [5.74, 6) is -1.54. The highest BCUT2D eigenvalue weighted by Gasteiger charge is 2.21. The number of benzene rings is 2. The molecular formula is C16H15F2NO2. The lowest BCUT2D eigenvalue weighted by Crippen LogP contribution is -2.29. The van der Waals surface area contributed by atoms with Crippen LogP contribution >= 0.6 is 0 Å². The van der Waals surface area contributed by atoms with Crippen LogP contribution in [-0.4, -0.2) is 13.1 Å². The molecule has 0 bridgehead atoms. The predicted octanol–water partition coefficient (Wildman–Crippen LogP) is 2.97. The summed E-state index contributed by atoms with van der Waals surface area (Å²) in [5.41, 5.74) is 0.848. The summed E-state index contributed by atoms with van der Waals surface area (Å²) in [4.78, 5) is 11.8. The van der Waals surface area contributed by atoms with E-state index in [-0.39, 0.29) is 12.1 Å². The van der Waals surface area contributed by atoms with Crippen molar-refractivity contribution in [1.82, 2.24) is 5.32 Å². The van der Waals surface area contributed by atoms with E-state index in [0.717, 1.165) is 18.2 Å². The van der Waals surface area contributed by atoms with E-state index in [2.05, 4.69) is 5.32 Å². The summed E-state index contributed by atoms with van der Waals surface area (Å²) < 4.78 is 31.5. The van der Waals surface area contributed by atoms with Crippen molar-refractivity contribution in [3.63, 3.8) is 0 Å². The lowest BCUT2D eigenvalue weighted by molar-refractivity contribution is -0.143. The van der Waals surface area contributed by atoms with Crippen LogP contribution in [0.2, 0.25) is 0 Å². The Morgan fingerprint density at radius 3 is 2.57 bits per heavy atom. The predicted molar refractivity (Wildman–Crippen MR) is 74.4 cm³/mol. The average molecular weight is 291 g/mol. The van der Waals surface area contributed by atoms with Crippen LogP contribution in [0.3, 0.4) is 0 Å². The number of hydrogen-bond donors (Lipinski definition) is 1. The maximum atomic E-state index is 13.6. The second-order valence-corrected chi connectivity index (χ2v) is 4.48. The van der Waals surface area contributed by atoms with Crippen LogP contribution in [0.1, 0.15) is 17.2 Å². The zero-order valence-electron chi connectivity index (χ0n) is 11.5. The lowest BCUT2D eigenvalue weighted by atomic mass is 10.1. The minimum atomic E-state index is -0.737. The molecule has 5 heteroatoms. The number of carbonyl (C=O) groups excluding carboxylic acids is 1. The van der Waals surface area contributed by atoms with E-state index in [9.17, 15) is 13.6 Å². The molecule has 21 heavy (non-hydrogen) atoms. The fourth-order valence-electron chi connectivity index (χ4n) is 1.99. The summed E-state index contributed by atoms with van der Waals surface area (Å²) >= 11 is 0. The van der Waals surface area contributed by atoms with Gasteiger partial charge in [0.15, 0.2) is 0 Å². The third-order valence-corrected chi connectivity index (χ3v) is 3.07. The Bertz CT molecular complexity index is 617. The van der Waals surface area contributed by atoms with E-state index >= 15 is 0 Å². The first-order valence-corrected chi connectivity index (χ1v) is 6.42. The van der Waals surface area contributed by atoms with Crippen molar-refractivity contribution in [1.29, 1.82) is 0 Å². The van der Waals surface area contributed by atoms with E-state index in [0.29, 0.717) is 5.56 Å². The quantitative estimate of drug-likeness (QED) is 0.861. The van der Waals surface area contributed by atoms with Crippen LogP contribution in [0.4, 0.5) is 8.78 Å². The molecule has 2 aromatic carbocycles. The molecule has 0 spiro atoms.